The van der Waals surface area contributed by atoms with Gasteiger partial charge in [0.05, 0.1) is 6.61 Å². The third-order valence-corrected chi connectivity index (χ3v) is 3.99. The molecule has 0 unspecified atom stereocenters. The van der Waals surface area contributed by atoms with Gasteiger partial charge in [-0.05, 0) is 42.4 Å². The van der Waals surface area contributed by atoms with E-state index in [1.54, 1.807) is 0 Å². The topological polar surface area (TPSA) is 9.23 Å². The molecule has 2 rings (SSSR count). The molecular weight excluding hydrogens is 160 g/mol. The molecule has 1 aliphatic heterocycles. The van der Waals surface area contributed by atoms with E-state index in [2.05, 4.69) is 20.8 Å². The van der Waals surface area contributed by atoms with E-state index in [0.29, 0.717) is 10.8 Å². The van der Waals surface area contributed by atoms with Crippen molar-refractivity contribution >= 4 is 0 Å². The maximum Gasteiger partial charge on any atom is 0.0522 e. The zero-order valence-electron chi connectivity index (χ0n) is 9.23. The molecule has 1 heteroatoms. The molecule has 0 atom stereocenters. The average molecular weight is 182 g/mol. The predicted molar refractivity (Wildman–Crippen MR) is 54.7 cm³/mol. The fourth-order valence-electron chi connectivity index (χ4n) is 2.83. The van der Waals surface area contributed by atoms with Gasteiger partial charge in [-0.25, -0.2) is 0 Å². The number of hydrogen-bond donors (Lipinski definition) is 0. The molecule has 0 aromatic carbocycles. The first-order valence-corrected chi connectivity index (χ1v) is 5.60. The summed E-state index contributed by atoms with van der Waals surface area (Å²) in [5.41, 5.74) is 1.12. The standard InChI is InChI=1S/C12H22O/c1-11(2,3)10-7-12(8-10)5-4-6-13-9-12/h10H,4-9H2,1-3H3. The molecule has 0 aromatic rings. The summed E-state index contributed by atoms with van der Waals surface area (Å²) >= 11 is 0. The van der Waals surface area contributed by atoms with Gasteiger partial charge in [-0.1, -0.05) is 20.8 Å². The highest BCUT2D eigenvalue weighted by molar-refractivity contribution is 4.98. The lowest BCUT2D eigenvalue weighted by atomic mass is 9.53. The lowest BCUT2D eigenvalue weighted by Crippen LogP contribution is -2.47. The van der Waals surface area contributed by atoms with Crippen LogP contribution >= 0.6 is 0 Å². The Balaban J connectivity index is 1.88. The SMILES string of the molecule is CC(C)(C)C1CC2(CCCOC2)C1. The lowest BCUT2D eigenvalue weighted by Gasteiger charge is -2.54. The van der Waals surface area contributed by atoms with E-state index in [1.165, 1.54) is 25.7 Å². The van der Waals surface area contributed by atoms with Crippen molar-refractivity contribution in [1.82, 2.24) is 0 Å². The van der Waals surface area contributed by atoms with Crippen molar-refractivity contribution in [3.05, 3.63) is 0 Å². The Morgan fingerprint density at radius 2 is 1.92 bits per heavy atom. The summed E-state index contributed by atoms with van der Waals surface area (Å²) in [5.74, 6) is 0.939. The Kier molecular flexibility index (Phi) is 2.18. The molecule has 0 N–H and O–H groups in total. The average Bonchev–Trinajstić information content (AvgIpc) is 2.00. The minimum Gasteiger partial charge on any atom is -0.381 e. The van der Waals surface area contributed by atoms with Gasteiger partial charge in [0.15, 0.2) is 0 Å². The van der Waals surface area contributed by atoms with Crippen LogP contribution in [0.3, 0.4) is 0 Å². The molecule has 0 aromatic heterocycles. The van der Waals surface area contributed by atoms with Gasteiger partial charge in [0, 0.05) is 6.61 Å². The smallest absolute Gasteiger partial charge is 0.0522 e. The van der Waals surface area contributed by atoms with Crippen molar-refractivity contribution in [1.29, 1.82) is 0 Å². The second kappa shape index (κ2) is 2.98. The summed E-state index contributed by atoms with van der Waals surface area (Å²) in [6.07, 6.45) is 5.53. The largest absolute Gasteiger partial charge is 0.381 e. The van der Waals surface area contributed by atoms with Crippen LogP contribution in [-0.2, 0) is 4.74 Å². The molecular formula is C12H22O. The van der Waals surface area contributed by atoms with Gasteiger partial charge >= 0.3 is 0 Å². The summed E-state index contributed by atoms with van der Waals surface area (Å²) in [6.45, 7) is 9.15. The Hall–Kier alpha value is -0.0400. The van der Waals surface area contributed by atoms with Crippen LogP contribution in [0, 0.1) is 16.7 Å². The third kappa shape index (κ3) is 1.76. The minimum atomic E-state index is 0.517. The van der Waals surface area contributed by atoms with Gasteiger partial charge in [-0.3, -0.25) is 0 Å². The highest BCUT2D eigenvalue weighted by Crippen LogP contribution is 2.56. The highest BCUT2D eigenvalue weighted by Gasteiger charge is 2.48. The first-order valence-electron chi connectivity index (χ1n) is 5.60. The van der Waals surface area contributed by atoms with E-state index in [9.17, 15) is 0 Å². The van der Waals surface area contributed by atoms with E-state index in [-0.39, 0.29) is 0 Å². The van der Waals surface area contributed by atoms with E-state index in [0.717, 1.165) is 19.1 Å². The predicted octanol–water partition coefficient (Wildman–Crippen LogP) is 3.24. The van der Waals surface area contributed by atoms with Crippen LogP contribution in [0.25, 0.3) is 0 Å². The Morgan fingerprint density at radius 3 is 2.38 bits per heavy atom. The molecule has 0 radical (unpaired) electrons. The molecule has 1 aliphatic carbocycles. The molecule has 0 bridgehead atoms. The fraction of sp³-hybridized carbons (Fsp3) is 1.00. The monoisotopic (exact) mass is 182 g/mol. The van der Waals surface area contributed by atoms with Crippen molar-refractivity contribution in [2.24, 2.45) is 16.7 Å². The van der Waals surface area contributed by atoms with Gasteiger partial charge < -0.3 is 4.74 Å². The van der Waals surface area contributed by atoms with Crippen LogP contribution < -0.4 is 0 Å². The van der Waals surface area contributed by atoms with Crippen molar-refractivity contribution in [3.63, 3.8) is 0 Å². The summed E-state index contributed by atoms with van der Waals surface area (Å²) in [4.78, 5) is 0. The fourth-order valence-corrected chi connectivity index (χ4v) is 2.83. The van der Waals surface area contributed by atoms with Crippen LogP contribution in [0.4, 0.5) is 0 Å². The van der Waals surface area contributed by atoms with Gasteiger partial charge in [-0.2, -0.15) is 0 Å². The van der Waals surface area contributed by atoms with Crippen LogP contribution in [0.1, 0.15) is 46.5 Å². The second-order valence-electron chi connectivity index (χ2n) is 6.13. The first kappa shape index (κ1) is 9.51. The third-order valence-electron chi connectivity index (χ3n) is 3.99. The Labute approximate surface area is 81.9 Å². The summed E-state index contributed by atoms with van der Waals surface area (Å²) in [6, 6.07) is 0. The number of ether oxygens (including phenoxy) is 1. The van der Waals surface area contributed by atoms with Crippen molar-refractivity contribution in [3.8, 4) is 0 Å². The molecule has 2 aliphatic rings. The molecule has 0 amide bonds. The number of hydrogen-bond acceptors (Lipinski definition) is 1. The van der Waals surface area contributed by atoms with Gasteiger partial charge in [-0.15, -0.1) is 0 Å². The molecule has 2 fully saturated rings. The van der Waals surface area contributed by atoms with Gasteiger partial charge in [0.2, 0.25) is 0 Å². The molecule has 76 valence electrons. The van der Waals surface area contributed by atoms with Crippen LogP contribution in [0.5, 0.6) is 0 Å². The quantitative estimate of drug-likeness (QED) is 0.559. The second-order valence-corrected chi connectivity index (χ2v) is 6.13. The molecule has 1 saturated carbocycles. The highest BCUT2D eigenvalue weighted by atomic mass is 16.5. The number of rotatable bonds is 0. The van der Waals surface area contributed by atoms with Gasteiger partial charge in [0.1, 0.15) is 0 Å². The first-order chi connectivity index (χ1) is 6.02. The van der Waals surface area contributed by atoms with E-state index >= 15 is 0 Å². The van der Waals surface area contributed by atoms with Crippen LogP contribution in [0.15, 0.2) is 0 Å². The summed E-state index contributed by atoms with van der Waals surface area (Å²) in [7, 11) is 0. The maximum atomic E-state index is 5.59. The lowest BCUT2D eigenvalue weighted by molar-refractivity contribution is -0.107. The van der Waals surface area contributed by atoms with E-state index < -0.39 is 0 Å². The Morgan fingerprint density at radius 1 is 1.23 bits per heavy atom. The molecule has 1 saturated heterocycles. The van der Waals surface area contributed by atoms with Crippen molar-refractivity contribution in [2.45, 2.75) is 46.5 Å². The van der Waals surface area contributed by atoms with E-state index in [1.807, 2.05) is 0 Å². The zero-order chi connectivity index (χ0) is 9.53. The minimum absolute atomic E-state index is 0.517. The molecule has 1 spiro atoms. The van der Waals surface area contributed by atoms with Crippen LogP contribution in [0.2, 0.25) is 0 Å². The van der Waals surface area contributed by atoms with Gasteiger partial charge in [0.25, 0.3) is 0 Å². The summed E-state index contributed by atoms with van der Waals surface area (Å²) < 4.78 is 5.59. The van der Waals surface area contributed by atoms with Crippen molar-refractivity contribution < 1.29 is 4.74 Å². The van der Waals surface area contributed by atoms with E-state index in [4.69, 9.17) is 4.74 Å². The molecule has 1 heterocycles. The zero-order valence-corrected chi connectivity index (χ0v) is 9.23. The normalized spacial score (nSPS) is 40.4. The summed E-state index contributed by atoms with van der Waals surface area (Å²) in [5, 5.41) is 0. The van der Waals surface area contributed by atoms with Crippen molar-refractivity contribution in [2.75, 3.05) is 13.2 Å². The maximum absolute atomic E-state index is 5.59. The van der Waals surface area contributed by atoms with Crippen LogP contribution in [-0.4, -0.2) is 13.2 Å². The Bertz CT molecular complexity index is 176. The molecule has 13 heavy (non-hydrogen) atoms. The molecule has 1 nitrogen and oxygen atoms in total.